The molecule has 7 nitrogen and oxygen atoms in total. The molecular weight excluding hydrogens is 486 g/mol. The van der Waals surface area contributed by atoms with Crippen LogP contribution < -0.4 is 10.5 Å². The molecule has 192 valence electrons. The van der Waals surface area contributed by atoms with Crippen molar-refractivity contribution in [2.45, 2.75) is 56.6 Å². The van der Waals surface area contributed by atoms with Gasteiger partial charge in [0, 0.05) is 18.8 Å². The molecule has 0 unspecified atom stereocenters. The summed E-state index contributed by atoms with van der Waals surface area (Å²) in [6.07, 6.45) is 9.52. The Morgan fingerprint density at radius 2 is 1.95 bits per heavy atom. The Labute approximate surface area is 220 Å². The summed E-state index contributed by atoms with van der Waals surface area (Å²) in [7, 11) is 1.32. The highest BCUT2D eigenvalue weighted by Crippen LogP contribution is 2.29. The summed E-state index contributed by atoms with van der Waals surface area (Å²) in [5.41, 5.74) is 4.13. The number of para-hydroxylation sites is 1. The summed E-state index contributed by atoms with van der Waals surface area (Å²) in [5.74, 6) is -0.312. The Balaban J connectivity index is 1.45. The third kappa shape index (κ3) is 5.49. The smallest absolute Gasteiger partial charge is 0.337 e. The van der Waals surface area contributed by atoms with Gasteiger partial charge in [0.25, 0.3) is 5.56 Å². The fraction of sp³-hybridized carbons (Fsp3) is 0.379. The molecule has 0 N–H and O–H groups in total. The first kappa shape index (κ1) is 25.3. The second-order valence-electron chi connectivity index (χ2n) is 9.50. The predicted octanol–water partition coefficient (Wildman–Crippen LogP) is 5.15. The van der Waals surface area contributed by atoms with Gasteiger partial charge in [0.15, 0.2) is 5.16 Å². The van der Waals surface area contributed by atoms with E-state index in [2.05, 4.69) is 12.1 Å². The van der Waals surface area contributed by atoms with Crippen LogP contribution in [-0.4, -0.2) is 40.8 Å². The maximum absolute atomic E-state index is 13.6. The molecule has 5 rings (SSSR count). The number of amides is 1. The van der Waals surface area contributed by atoms with Gasteiger partial charge in [-0.3, -0.25) is 14.2 Å². The number of nitrogens with zero attached hydrogens (tertiary/aromatic N) is 3. The number of hydrogen-bond acceptors (Lipinski definition) is 6. The summed E-state index contributed by atoms with van der Waals surface area (Å²) in [5, 5.41) is 0.945. The minimum absolute atomic E-state index is 0.00338. The maximum Gasteiger partial charge on any atom is 0.337 e. The Morgan fingerprint density at radius 3 is 2.76 bits per heavy atom. The lowest BCUT2D eigenvalue weighted by atomic mass is 9.97. The number of fused-ring (bicyclic) bond motifs is 2. The van der Waals surface area contributed by atoms with Crippen LogP contribution in [0.15, 0.2) is 64.1 Å². The van der Waals surface area contributed by atoms with Crippen LogP contribution >= 0.6 is 11.8 Å². The minimum Gasteiger partial charge on any atom is -0.465 e. The molecule has 8 heteroatoms. The number of ether oxygens (including phenoxy) is 1. The van der Waals surface area contributed by atoms with Crippen LogP contribution in [0.25, 0.3) is 10.9 Å². The van der Waals surface area contributed by atoms with Gasteiger partial charge in [0.1, 0.15) is 0 Å². The molecule has 2 heterocycles. The monoisotopic (exact) mass is 517 g/mol. The fourth-order valence-electron chi connectivity index (χ4n) is 5.14. The maximum atomic E-state index is 13.6. The number of carbonyl (C=O) groups is 2. The molecule has 3 aromatic rings. The van der Waals surface area contributed by atoms with E-state index in [9.17, 15) is 14.4 Å². The lowest BCUT2D eigenvalue weighted by molar-refractivity contribution is -0.116. The van der Waals surface area contributed by atoms with E-state index in [1.807, 2.05) is 23.1 Å². The average molecular weight is 518 g/mol. The number of aryl methyl sites for hydroxylation is 1. The third-order valence-electron chi connectivity index (χ3n) is 7.12. The van der Waals surface area contributed by atoms with Gasteiger partial charge in [-0.1, -0.05) is 41.6 Å². The topological polar surface area (TPSA) is 81.5 Å². The van der Waals surface area contributed by atoms with Crippen LogP contribution in [0.3, 0.4) is 0 Å². The SMILES string of the molecule is COC(=O)c1ccc2c(=O)n(CCC3=CCCCC3)c(SCC(=O)N3CCCc4ccccc43)nc2c1. The number of benzene rings is 2. The van der Waals surface area contributed by atoms with Crippen molar-refractivity contribution in [3.05, 3.63) is 75.6 Å². The number of methoxy groups -OCH3 is 1. The highest BCUT2D eigenvalue weighted by atomic mass is 32.2. The molecule has 0 fully saturated rings. The standard InChI is InChI=1S/C29H31N3O4S/c1-36-28(35)22-13-14-23-24(18-22)30-29(32(27(23)34)17-15-20-8-3-2-4-9-20)37-19-26(33)31-16-7-11-21-10-5-6-12-25(21)31/h5-6,8,10,12-14,18H,2-4,7,9,11,15-17,19H2,1H3. The lowest BCUT2D eigenvalue weighted by Crippen LogP contribution is -2.36. The zero-order valence-electron chi connectivity index (χ0n) is 21.1. The molecule has 0 atom stereocenters. The molecule has 2 aromatic carbocycles. The van der Waals surface area contributed by atoms with Gasteiger partial charge in [-0.05, 0) is 74.8 Å². The molecule has 37 heavy (non-hydrogen) atoms. The minimum atomic E-state index is -0.481. The summed E-state index contributed by atoms with van der Waals surface area (Å²) >= 11 is 1.28. The zero-order valence-corrected chi connectivity index (χ0v) is 21.9. The van der Waals surface area contributed by atoms with Crippen molar-refractivity contribution in [2.24, 2.45) is 0 Å². The highest BCUT2D eigenvalue weighted by molar-refractivity contribution is 7.99. The number of aromatic nitrogens is 2. The number of carbonyl (C=O) groups excluding carboxylic acids is 2. The number of hydrogen-bond donors (Lipinski definition) is 0. The Bertz CT molecular complexity index is 1430. The molecule has 0 saturated carbocycles. The number of esters is 1. The van der Waals surface area contributed by atoms with E-state index in [4.69, 9.17) is 9.72 Å². The molecule has 2 aliphatic rings. The van der Waals surface area contributed by atoms with Gasteiger partial charge in [0.2, 0.25) is 5.91 Å². The molecule has 0 saturated heterocycles. The van der Waals surface area contributed by atoms with Crippen LogP contribution in [0.4, 0.5) is 5.69 Å². The van der Waals surface area contributed by atoms with Gasteiger partial charge in [0.05, 0.1) is 29.3 Å². The van der Waals surface area contributed by atoms with E-state index in [0.29, 0.717) is 34.7 Å². The molecule has 1 aliphatic carbocycles. The molecule has 1 amide bonds. The molecule has 0 bridgehead atoms. The van der Waals surface area contributed by atoms with E-state index in [0.717, 1.165) is 37.8 Å². The van der Waals surface area contributed by atoms with Crippen molar-refractivity contribution in [1.82, 2.24) is 9.55 Å². The highest BCUT2D eigenvalue weighted by Gasteiger charge is 2.23. The van der Waals surface area contributed by atoms with Gasteiger partial charge in [-0.15, -0.1) is 0 Å². The van der Waals surface area contributed by atoms with Crippen LogP contribution in [-0.2, 0) is 22.5 Å². The van der Waals surface area contributed by atoms with Gasteiger partial charge < -0.3 is 9.64 Å². The van der Waals surface area contributed by atoms with Crippen molar-refractivity contribution >= 4 is 40.2 Å². The second kappa shape index (κ2) is 11.3. The lowest BCUT2D eigenvalue weighted by Gasteiger charge is -2.29. The largest absolute Gasteiger partial charge is 0.465 e. The quantitative estimate of drug-likeness (QED) is 0.187. The van der Waals surface area contributed by atoms with Crippen LogP contribution in [0.5, 0.6) is 0 Å². The first-order valence-electron chi connectivity index (χ1n) is 12.9. The molecule has 0 spiro atoms. The van der Waals surface area contributed by atoms with Crippen LogP contribution in [0.1, 0.15) is 54.4 Å². The summed E-state index contributed by atoms with van der Waals surface area (Å²) < 4.78 is 6.53. The molecular formula is C29H31N3O4S. The number of anilines is 1. The number of thioether (sulfide) groups is 1. The third-order valence-corrected chi connectivity index (χ3v) is 8.08. The number of allylic oxidation sites excluding steroid dienone is 2. The molecule has 0 radical (unpaired) electrons. The normalized spacial score (nSPS) is 15.3. The predicted molar refractivity (Wildman–Crippen MR) is 146 cm³/mol. The van der Waals surface area contributed by atoms with Crippen molar-refractivity contribution in [1.29, 1.82) is 0 Å². The first-order chi connectivity index (χ1) is 18.0. The second-order valence-corrected chi connectivity index (χ2v) is 10.4. The Morgan fingerprint density at radius 1 is 1.08 bits per heavy atom. The number of rotatable bonds is 7. The van der Waals surface area contributed by atoms with Crippen molar-refractivity contribution in [3.63, 3.8) is 0 Å². The van der Waals surface area contributed by atoms with Gasteiger partial charge >= 0.3 is 5.97 Å². The van der Waals surface area contributed by atoms with Gasteiger partial charge in [-0.2, -0.15) is 0 Å². The molecule has 1 aliphatic heterocycles. The van der Waals surface area contributed by atoms with Crippen LogP contribution in [0.2, 0.25) is 0 Å². The molecule has 1 aromatic heterocycles. The first-order valence-corrected chi connectivity index (χ1v) is 13.9. The van der Waals surface area contributed by atoms with E-state index in [1.54, 1.807) is 22.8 Å². The van der Waals surface area contributed by atoms with E-state index in [1.165, 1.54) is 42.8 Å². The van der Waals surface area contributed by atoms with Crippen molar-refractivity contribution in [3.8, 4) is 0 Å². The zero-order chi connectivity index (χ0) is 25.8. The van der Waals surface area contributed by atoms with E-state index >= 15 is 0 Å². The summed E-state index contributed by atoms with van der Waals surface area (Å²) in [4.78, 5) is 45.5. The Hall–Kier alpha value is -3.39. The summed E-state index contributed by atoms with van der Waals surface area (Å²) in [6, 6.07) is 12.8. The summed E-state index contributed by atoms with van der Waals surface area (Å²) in [6.45, 7) is 1.19. The average Bonchev–Trinajstić information content (AvgIpc) is 2.95. The van der Waals surface area contributed by atoms with E-state index in [-0.39, 0.29) is 17.2 Å². The van der Waals surface area contributed by atoms with E-state index < -0.39 is 5.97 Å². The fourth-order valence-corrected chi connectivity index (χ4v) is 6.04. The van der Waals surface area contributed by atoms with Gasteiger partial charge in [-0.25, -0.2) is 9.78 Å². The van der Waals surface area contributed by atoms with Crippen molar-refractivity contribution in [2.75, 3.05) is 24.3 Å². The van der Waals surface area contributed by atoms with Crippen molar-refractivity contribution < 1.29 is 14.3 Å². The van der Waals surface area contributed by atoms with Crippen LogP contribution in [0, 0.1) is 0 Å². The Kier molecular flexibility index (Phi) is 7.74.